The summed E-state index contributed by atoms with van der Waals surface area (Å²) in [4.78, 5) is 8.73. The van der Waals surface area contributed by atoms with Gasteiger partial charge in [0.15, 0.2) is 5.65 Å². The van der Waals surface area contributed by atoms with Gasteiger partial charge in [0, 0.05) is 25.0 Å². The van der Waals surface area contributed by atoms with Crippen molar-refractivity contribution in [1.82, 2.24) is 24.3 Å². The molecule has 0 fully saturated rings. The van der Waals surface area contributed by atoms with E-state index in [4.69, 9.17) is 5.73 Å². The van der Waals surface area contributed by atoms with E-state index in [0.717, 1.165) is 22.3 Å². The molecule has 6 heteroatoms. The number of hydrogen-bond donors (Lipinski definition) is 1. The van der Waals surface area contributed by atoms with E-state index >= 15 is 0 Å². The Balaban J connectivity index is 2.08. The summed E-state index contributed by atoms with van der Waals surface area (Å²) in [5.41, 5.74) is 9.73. The van der Waals surface area contributed by atoms with Crippen LogP contribution in [0.3, 0.4) is 0 Å². The normalized spacial score (nSPS) is 11.2. The SMILES string of the molecule is Cc1cnc2c(c1)nc(N)n2Cc1cnn(C)c1. The second-order valence-electron chi connectivity index (χ2n) is 4.43. The van der Waals surface area contributed by atoms with Crippen LogP contribution in [0.4, 0.5) is 5.95 Å². The number of imidazole rings is 1. The van der Waals surface area contributed by atoms with Crippen molar-refractivity contribution in [2.24, 2.45) is 7.05 Å². The number of nitrogen functional groups attached to an aromatic ring is 1. The summed E-state index contributed by atoms with van der Waals surface area (Å²) >= 11 is 0. The minimum atomic E-state index is 0.479. The molecule has 2 N–H and O–H groups in total. The van der Waals surface area contributed by atoms with Gasteiger partial charge in [-0.05, 0) is 18.6 Å². The summed E-state index contributed by atoms with van der Waals surface area (Å²) in [6.07, 6.45) is 5.60. The van der Waals surface area contributed by atoms with Crippen LogP contribution in [0.1, 0.15) is 11.1 Å². The average molecular weight is 242 g/mol. The van der Waals surface area contributed by atoms with Gasteiger partial charge in [-0.2, -0.15) is 5.10 Å². The predicted molar refractivity (Wildman–Crippen MR) is 69.0 cm³/mol. The fourth-order valence-electron chi connectivity index (χ4n) is 2.02. The molecule has 3 heterocycles. The molecular weight excluding hydrogens is 228 g/mol. The predicted octanol–water partition coefficient (Wildman–Crippen LogP) is 1.10. The summed E-state index contributed by atoms with van der Waals surface area (Å²) in [5.74, 6) is 0.479. The molecule has 92 valence electrons. The highest BCUT2D eigenvalue weighted by molar-refractivity contribution is 5.74. The van der Waals surface area contributed by atoms with E-state index in [1.807, 2.05) is 43.2 Å². The zero-order valence-corrected chi connectivity index (χ0v) is 10.3. The van der Waals surface area contributed by atoms with Crippen LogP contribution in [0.2, 0.25) is 0 Å². The summed E-state index contributed by atoms with van der Waals surface area (Å²) in [7, 11) is 1.89. The van der Waals surface area contributed by atoms with Gasteiger partial charge in [-0.25, -0.2) is 9.97 Å². The first kappa shape index (κ1) is 10.8. The lowest BCUT2D eigenvalue weighted by Crippen LogP contribution is -2.04. The largest absolute Gasteiger partial charge is 0.369 e. The molecule has 0 unspecified atom stereocenters. The number of aryl methyl sites for hydroxylation is 2. The van der Waals surface area contributed by atoms with Gasteiger partial charge in [0.2, 0.25) is 5.95 Å². The molecule has 0 bridgehead atoms. The molecule has 18 heavy (non-hydrogen) atoms. The van der Waals surface area contributed by atoms with E-state index < -0.39 is 0 Å². The van der Waals surface area contributed by atoms with Crippen LogP contribution in [-0.2, 0) is 13.6 Å². The third-order valence-corrected chi connectivity index (χ3v) is 2.85. The van der Waals surface area contributed by atoms with E-state index in [1.165, 1.54) is 0 Å². The first-order valence-corrected chi connectivity index (χ1v) is 5.69. The maximum absolute atomic E-state index is 5.94. The Labute approximate surface area is 104 Å². The number of nitrogens with zero attached hydrogens (tertiary/aromatic N) is 5. The number of nitrogens with two attached hydrogens (primary N) is 1. The molecule has 0 spiro atoms. The Morgan fingerprint density at radius 1 is 1.33 bits per heavy atom. The Bertz CT molecular complexity index is 709. The van der Waals surface area contributed by atoms with Gasteiger partial charge in [-0.1, -0.05) is 0 Å². The summed E-state index contributed by atoms with van der Waals surface area (Å²) in [6, 6.07) is 1.98. The van der Waals surface area contributed by atoms with Crippen molar-refractivity contribution in [3.63, 3.8) is 0 Å². The number of fused-ring (bicyclic) bond motifs is 1. The highest BCUT2D eigenvalue weighted by Crippen LogP contribution is 2.18. The van der Waals surface area contributed by atoms with Crippen molar-refractivity contribution in [1.29, 1.82) is 0 Å². The van der Waals surface area contributed by atoms with Gasteiger partial charge in [0.25, 0.3) is 0 Å². The van der Waals surface area contributed by atoms with Gasteiger partial charge in [-0.3, -0.25) is 9.25 Å². The van der Waals surface area contributed by atoms with E-state index in [-0.39, 0.29) is 0 Å². The molecule has 0 amide bonds. The quantitative estimate of drug-likeness (QED) is 0.730. The molecular formula is C12H14N6. The van der Waals surface area contributed by atoms with Crippen molar-refractivity contribution in [2.45, 2.75) is 13.5 Å². The monoisotopic (exact) mass is 242 g/mol. The van der Waals surface area contributed by atoms with Crippen molar-refractivity contribution in [3.05, 3.63) is 35.8 Å². The molecule has 0 saturated heterocycles. The fraction of sp³-hybridized carbons (Fsp3) is 0.250. The minimum Gasteiger partial charge on any atom is -0.369 e. The lowest BCUT2D eigenvalue weighted by molar-refractivity contribution is 0.764. The summed E-state index contributed by atoms with van der Waals surface area (Å²) in [6.45, 7) is 2.62. The topological polar surface area (TPSA) is 74.6 Å². The van der Waals surface area contributed by atoms with E-state index in [0.29, 0.717) is 12.5 Å². The number of hydrogen-bond acceptors (Lipinski definition) is 4. The molecule has 0 aromatic carbocycles. The smallest absolute Gasteiger partial charge is 0.202 e. The maximum Gasteiger partial charge on any atom is 0.202 e. The van der Waals surface area contributed by atoms with E-state index in [9.17, 15) is 0 Å². The summed E-state index contributed by atoms with van der Waals surface area (Å²) in [5, 5.41) is 4.14. The second kappa shape index (κ2) is 3.83. The van der Waals surface area contributed by atoms with Crippen LogP contribution in [0.15, 0.2) is 24.7 Å². The lowest BCUT2D eigenvalue weighted by atomic mass is 10.3. The highest BCUT2D eigenvalue weighted by atomic mass is 15.2. The van der Waals surface area contributed by atoms with Crippen LogP contribution in [0.25, 0.3) is 11.2 Å². The second-order valence-corrected chi connectivity index (χ2v) is 4.43. The van der Waals surface area contributed by atoms with E-state index in [2.05, 4.69) is 15.1 Å². The lowest BCUT2D eigenvalue weighted by Gasteiger charge is -2.03. The molecule has 0 radical (unpaired) electrons. The standard InChI is InChI=1S/C12H14N6/c1-8-3-10-11(14-4-8)18(12(13)16-10)7-9-5-15-17(2)6-9/h3-6H,7H2,1-2H3,(H2,13,16). The van der Waals surface area contributed by atoms with Gasteiger partial charge in [0.1, 0.15) is 5.52 Å². The Hall–Kier alpha value is -2.37. The molecule has 6 nitrogen and oxygen atoms in total. The van der Waals surface area contributed by atoms with Gasteiger partial charge in [0.05, 0.1) is 12.7 Å². The van der Waals surface area contributed by atoms with Crippen molar-refractivity contribution < 1.29 is 0 Å². The average Bonchev–Trinajstić information content (AvgIpc) is 2.84. The van der Waals surface area contributed by atoms with Crippen LogP contribution < -0.4 is 5.73 Å². The number of rotatable bonds is 2. The van der Waals surface area contributed by atoms with Crippen molar-refractivity contribution >= 4 is 17.1 Å². The van der Waals surface area contributed by atoms with E-state index in [1.54, 1.807) is 4.68 Å². The molecule has 3 aromatic heterocycles. The first-order chi connectivity index (χ1) is 8.63. The molecule has 0 atom stereocenters. The number of anilines is 1. The molecule has 0 aliphatic heterocycles. The Morgan fingerprint density at radius 3 is 2.89 bits per heavy atom. The van der Waals surface area contributed by atoms with Crippen molar-refractivity contribution in [3.8, 4) is 0 Å². The Morgan fingerprint density at radius 2 is 2.17 bits per heavy atom. The number of pyridine rings is 1. The molecule has 3 rings (SSSR count). The number of aromatic nitrogens is 5. The molecule has 0 aliphatic rings. The van der Waals surface area contributed by atoms with Crippen molar-refractivity contribution in [2.75, 3.05) is 5.73 Å². The molecule has 3 aromatic rings. The Kier molecular flexibility index (Phi) is 2.29. The molecule has 0 saturated carbocycles. The zero-order valence-electron chi connectivity index (χ0n) is 10.3. The van der Waals surface area contributed by atoms with Gasteiger partial charge in [-0.15, -0.1) is 0 Å². The third-order valence-electron chi connectivity index (χ3n) is 2.85. The highest BCUT2D eigenvalue weighted by Gasteiger charge is 2.10. The summed E-state index contributed by atoms with van der Waals surface area (Å²) < 4.78 is 3.66. The van der Waals surface area contributed by atoms with Crippen LogP contribution in [-0.4, -0.2) is 24.3 Å². The zero-order chi connectivity index (χ0) is 12.7. The van der Waals surface area contributed by atoms with Crippen LogP contribution in [0.5, 0.6) is 0 Å². The third kappa shape index (κ3) is 1.71. The van der Waals surface area contributed by atoms with Gasteiger partial charge < -0.3 is 5.73 Å². The first-order valence-electron chi connectivity index (χ1n) is 5.69. The fourth-order valence-corrected chi connectivity index (χ4v) is 2.02. The molecule has 0 aliphatic carbocycles. The maximum atomic E-state index is 5.94. The van der Waals surface area contributed by atoms with Gasteiger partial charge >= 0.3 is 0 Å². The minimum absolute atomic E-state index is 0.479. The van der Waals surface area contributed by atoms with Crippen LogP contribution in [0, 0.1) is 6.92 Å². The van der Waals surface area contributed by atoms with Crippen LogP contribution >= 0.6 is 0 Å².